The maximum absolute atomic E-state index is 10.9. The van der Waals surface area contributed by atoms with Crippen molar-refractivity contribution >= 4 is 5.69 Å². The smallest absolute Gasteiger partial charge is 0.269 e. The van der Waals surface area contributed by atoms with Gasteiger partial charge in [-0.25, -0.2) is 0 Å². The molecule has 1 fully saturated rings. The van der Waals surface area contributed by atoms with Crippen LogP contribution in [0.1, 0.15) is 45.8 Å². The molecule has 3 atom stereocenters. The average Bonchev–Trinajstić information content (AvgIpc) is 2.35. The molecule has 1 aromatic carbocycles. The lowest BCUT2D eigenvalue weighted by Crippen LogP contribution is -3.07. The second kappa shape index (κ2) is 5.61. The van der Waals surface area contributed by atoms with E-state index in [1.165, 1.54) is 12.1 Å². The summed E-state index contributed by atoms with van der Waals surface area (Å²) in [4.78, 5) is 10.4. The fourth-order valence-corrected chi connectivity index (χ4v) is 3.97. The molecule has 0 aromatic heterocycles. The quantitative estimate of drug-likeness (QED) is 0.575. The van der Waals surface area contributed by atoms with E-state index in [0.29, 0.717) is 12.0 Å². The molecule has 1 aromatic rings. The molecule has 0 bridgehead atoms. The number of nitro groups is 1. The van der Waals surface area contributed by atoms with Crippen LogP contribution in [0.4, 0.5) is 5.69 Å². The molecule has 0 saturated carbocycles. The summed E-state index contributed by atoms with van der Waals surface area (Å²) in [5, 5.41) is 34.3. The van der Waals surface area contributed by atoms with Crippen LogP contribution in [-0.4, -0.2) is 32.3 Å². The van der Waals surface area contributed by atoms with Crippen molar-refractivity contribution in [1.82, 2.24) is 0 Å². The van der Waals surface area contributed by atoms with Gasteiger partial charge in [-0.1, -0.05) is 12.1 Å². The molecule has 0 unspecified atom stereocenters. The summed E-state index contributed by atoms with van der Waals surface area (Å²) in [6.07, 6.45) is -1.05. The number of aliphatic hydroxyl groups excluding tert-OH is 2. The van der Waals surface area contributed by atoms with Crippen LogP contribution in [0.15, 0.2) is 24.3 Å². The first-order chi connectivity index (χ1) is 10.0. The maximum atomic E-state index is 10.9. The largest absolute Gasteiger partial charge is 0.392 e. The van der Waals surface area contributed by atoms with Crippen molar-refractivity contribution in [1.29, 1.82) is 0 Å². The fraction of sp³-hybridized carbons (Fsp3) is 0.625. The number of quaternary nitrogens is 1. The summed E-state index contributed by atoms with van der Waals surface area (Å²) in [6, 6.07) is 6.01. The zero-order valence-corrected chi connectivity index (χ0v) is 13.5. The third-order valence-corrected chi connectivity index (χ3v) is 4.53. The second-order valence-electron chi connectivity index (χ2n) is 7.55. The van der Waals surface area contributed by atoms with Gasteiger partial charge in [0, 0.05) is 18.6 Å². The highest BCUT2D eigenvalue weighted by Gasteiger charge is 2.52. The predicted octanol–water partition coefficient (Wildman–Crippen LogP) is 1.13. The van der Waals surface area contributed by atoms with Gasteiger partial charge in [0.1, 0.15) is 0 Å². The van der Waals surface area contributed by atoms with Crippen LogP contribution in [-0.2, 0) is 0 Å². The molecule has 6 heteroatoms. The Labute approximate surface area is 130 Å². The van der Waals surface area contributed by atoms with Gasteiger partial charge in [0.25, 0.3) is 5.69 Å². The molecular formula is C16H25N2O4+. The molecule has 0 spiro atoms. The van der Waals surface area contributed by atoms with Crippen LogP contribution in [0, 0.1) is 16.0 Å². The number of nitro benzene ring substituents is 1. The van der Waals surface area contributed by atoms with Crippen molar-refractivity contribution in [3.05, 3.63) is 39.9 Å². The van der Waals surface area contributed by atoms with Crippen LogP contribution in [0.25, 0.3) is 0 Å². The van der Waals surface area contributed by atoms with E-state index in [-0.39, 0.29) is 16.8 Å². The Hall–Kier alpha value is -1.50. The minimum Gasteiger partial charge on any atom is -0.392 e. The first-order valence-electron chi connectivity index (χ1n) is 7.51. The van der Waals surface area contributed by atoms with Crippen LogP contribution in [0.2, 0.25) is 0 Å². The summed E-state index contributed by atoms with van der Waals surface area (Å²) >= 11 is 0. The van der Waals surface area contributed by atoms with Crippen molar-refractivity contribution in [2.75, 3.05) is 0 Å². The minimum absolute atomic E-state index is 0.0519. The molecule has 2 rings (SSSR count). The van der Waals surface area contributed by atoms with Gasteiger partial charge in [0.2, 0.25) is 0 Å². The highest BCUT2D eigenvalue weighted by Crippen LogP contribution is 2.37. The summed E-state index contributed by atoms with van der Waals surface area (Å²) in [6.45, 7) is 8.10. The van der Waals surface area contributed by atoms with Crippen molar-refractivity contribution in [3.63, 3.8) is 0 Å². The summed E-state index contributed by atoms with van der Waals surface area (Å²) < 4.78 is 0. The molecule has 4 N–H and O–H groups in total. The van der Waals surface area contributed by atoms with E-state index in [1.807, 2.05) is 13.8 Å². The van der Waals surface area contributed by atoms with Gasteiger partial charge in [-0.05, 0) is 33.3 Å². The third-order valence-electron chi connectivity index (χ3n) is 4.53. The van der Waals surface area contributed by atoms with Crippen molar-refractivity contribution in [2.24, 2.45) is 5.92 Å². The first kappa shape index (κ1) is 16.9. The van der Waals surface area contributed by atoms with E-state index in [0.717, 1.165) is 0 Å². The van der Waals surface area contributed by atoms with Gasteiger partial charge in [-0.3, -0.25) is 10.1 Å². The van der Waals surface area contributed by atoms with E-state index < -0.39 is 23.0 Å². The Morgan fingerprint density at radius 3 is 2.55 bits per heavy atom. The SMILES string of the molecule is CC1(C)C[C@H](O)[C@H]([C@H](O)c2cccc([N+](=O)[O-])c2)C(C)(C)[NH2+]1. The molecule has 0 aliphatic carbocycles. The molecule has 122 valence electrons. The number of hydrogen-bond acceptors (Lipinski definition) is 4. The molecule has 1 aliphatic rings. The zero-order chi connectivity index (χ0) is 16.7. The van der Waals surface area contributed by atoms with E-state index in [4.69, 9.17) is 0 Å². The molecule has 22 heavy (non-hydrogen) atoms. The van der Waals surface area contributed by atoms with Crippen molar-refractivity contribution < 1.29 is 20.5 Å². The summed E-state index contributed by atoms with van der Waals surface area (Å²) in [5.41, 5.74) is -0.0732. The average molecular weight is 309 g/mol. The molecule has 1 heterocycles. The van der Waals surface area contributed by atoms with E-state index in [9.17, 15) is 20.3 Å². The number of aliphatic hydroxyl groups is 2. The third kappa shape index (κ3) is 3.29. The first-order valence-corrected chi connectivity index (χ1v) is 7.51. The van der Waals surface area contributed by atoms with Gasteiger partial charge in [0.15, 0.2) is 0 Å². The molecule has 6 nitrogen and oxygen atoms in total. The Morgan fingerprint density at radius 2 is 2.00 bits per heavy atom. The lowest BCUT2D eigenvalue weighted by atomic mass is 9.69. The Balaban J connectivity index is 2.33. The topological polar surface area (TPSA) is 100 Å². The number of benzene rings is 1. The second-order valence-corrected chi connectivity index (χ2v) is 7.55. The number of non-ortho nitro benzene ring substituents is 1. The Kier molecular flexibility index (Phi) is 4.30. The zero-order valence-electron chi connectivity index (χ0n) is 13.5. The lowest BCUT2D eigenvalue weighted by Gasteiger charge is -2.48. The number of rotatable bonds is 3. The molecule has 1 saturated heterocycles. The van der Waals surface area contributed by atoms with E-state index in [1.54, 1.807) is 12.1 Å². The maximum Gasteiger partial charge on any atom is 0.269 e. The molecular weight excluding hydrogens is 284 g/mol. The summed E-state index contributed by atoms with van der Waals surface area (Å²) in [7, 11) is 0. The Bertz CT molecular complexity index is 571. The molecule has 0 radical (unpaired) electrons. The van der Waals surface area contributed by atoms with Gasteiger partial charge >= 0.3 is 0 Å². The van der Waals surface area contributed by atoms with Crippen molar-refractivity contribution in [3.8, 4) is 0 Å². The van der Waals surface area contributed by atoms with Crippen LogP contribution in [0.3, 0.4) is 0 Å². The lowest BCUT2D eigenvalue weighted by molar-refractivity contribution is -0.798. The van der Waals surface area contributed by atoms with Crippen LogP contribution in [0.5, 0.6) is 0 Å². The highest BCUT2D eigenvalue weighted by atomic mass is 16.6. The number of nitrogens with two attached hydrogens (primary N) is 1. The normalized spacial score (nSPS) is 28.1. The summed E-state index contributed by atoms with van der Waals surface area (Å²) in [5.74, 6) is -0.400. The minimum atomic E-state index is -0.947. The highest BCUT2D eigenvalue weighted by molar-refractivity contribution is 5.35. The van der Waals surface area contributed by atoms with E-state index in [2.05, 4.69) is 19.2 Å². The monoisotopic (exact) mass is 309 g/mol. The Morgan fingerprint density at radius 1 is 1.36 bits per heavy atom. The number of piperidine rings is 1. The standard InChI is InChI=1S/C16H24N2O4/c1-15(2)9-12(19)13(16(3,4)17-15)14(20)10-6-5-7-11(8-10)18(21)22/h5-8,12-14,17,19-20H,9H2,1-4H3/p+1/t12-,13+,14+/m0/s1. The predicted molar refractivity (Wildman–Crippen MR) is 82.3 cm³/mol. The molecule has 1 aliphatic heterocycles. The van der Waals surface area contributed by atoms with Crippen LogP contribution < -0.4 is 5.32 Å². The fourth-order valence-electron chi connectivity index (χ4n) is 3.97. The molecule has 0 amide bonds. The van der Waals surface area contributed by atoms with Crippen molar-refractivity contribution in [2.45, 2.75) is 57.4 Å². The number of hydrogen-bond donors (Lipinski definition) is 3. The van der Waals surface area contributed by atoms with Crippen LogP contribution >= 0.6 is 0 Å². The number of nitrogens with zero attached hydrogens (tertiary/aromatic N) is 1. The van der Waals surface area contributed by atoms with E-state index >= 15 is 0 Å². The van der Waals surface area contributed by atoms with Gasteiger partial charge in [-0.15, -0.1) is 0 Å². The van der Waals surface area contributed by atoms with Gasteiger partial charge < -0.3 is 15.5 Å². The van der Waals surface area contributed by atoms with Gasteiger partial charge in [-0.2, -0.15) is 0 Å². The van der Waals surface area contributed by atoms with Gasteiger partial charge in [0.05, 0.1) is 34.1 Å².